The van der Waals surface area contributed by atoms with Gasteiger partial charge in [-0.25, -0.2) is 0 Å². The number of amides is 2. The zero-order chi connectivity index (χ0) is 22.2. The van der Waals surface area contributed by atoms with Crippen molar-refractivity contribution in [2.75, 3.05) is 13.2 Å². The normalized spacial score (nSPS) is 20.0. The van der Waals surface area contributed by atoms with Crippen molar-refractivity contribution < 1.29 is 14.3 Å². The minimum Gasteiger partial charge on any atom is -0.379 e. The molecular formula is C25H37N3O3. The number of fused-ring (bicyclic) bond motifs is 1. The molecule has 1 aliphatic carbocycles. The van der Waals surface area contributed by atoms with Crippen LogP contribution in [0.15, 0.2) is 30.5 Å². The first-order valence-corrected chi connectivity index (χ1v) is 11.7. The molecule has 0 aliphatic heterocycles. The van der Waals surface area contributed by atoms with E-state index in [0.29, 0.717) is 25.5 Å². The number of H-pyrrole nitrogens is 1. The van der Waals surface area contributed by atoms with Gasteiger partial charge in [0.15, 0.2) is 0 Å². The topological polar surface area (TPSA) is 83.2 Å². The summed E-state index contributed by atoms with van der Waals surface area (Å²) in [5.74, 6) is 0.568. The second-order valence-corrected chi connectivity index (χ2v) is 9.15. The molecule has 6 nitrogen and oxygen atoms in total. The van der Waals surface area contributed by atoms with Gasteiger partial charge in [0.05, 0.1) is 6.10 Å². The van der Waals surface area contributed by atoms with Gasteiger partial charge in [-0.05, 0) is 63.5 Å². The van der Waals surface area contributed by atoms with Crippen molar-refractivity contribution in [3.63, 3.8) is 0 Å². The predicted molar refractivity (Wildman–Crippen MR) is 124 cm³/mol. The van der Waals surface area contributed by atoms with Crippen LogP contribution < -0.4 is 10.6 Å². The molecule has 1 aromatic heterocycles. The molecule has 2 amide bonds. The molecule has 1 fully saturated rings. The van der Waals surface area contributed by atoms with Gasteiger partial charge in [0, 0.05) is 42.6 Å². The highest BCUT2D eigenvalue weighted by Crippen LogP contribution is 2.28. The minimum atomic E-state index is -0.586. The lowest BCUT2D eigenvalue weighted by Gasteiger charge is -2.27. The summed E-state index contributed by atoms with van der Waals surface area (Å²) in [5.41, 5.74) is 2.08. The number of carbonyl (C=O) groups is 2. The van der Waals surface area contributed by atoms with Crippen LogP contribution in [0.2, 0.25) is 0 Å². The van der Waals surface area contributed by atoms with Gasteiger partial charge in [-0.15, -0.1) is 0 Å². The van der Waals surface area contributed by atoms with Crippen molar-refractivity contribution in [1.82, 2.24) is 15.6 Å². The van der Waals surface area contributed by atoms with Gasteiger partial charge in [-0.2, -0.15) is 0 Å². The Bertz CT molecular complexity index is 853. The molecule has 170 valence electrons. The summed E-state index contributed by atoms with van der Waals surface area (Å²) < 4.78 is 5.54. The van der Waals surface area contributed by atoms with Crippen molar-refractivity contribution >= 4 is 22.7 Å². The van der Waals surface area contributed by atoms with Crippen LogP contribution in [0.25, 0.3) is 10.9 Å². The Balaban J connectivity index is 1.64. The van der Waals surface area contributed by atoms with Crippen molar-refractivity contribution in [2.24, 2.45) is 11.8 Å². The SMILES string of the molecule is CC1CCC(C(=O)NC(Cc2c[nH]c3ccccc23)C(=O)NCCCOC(C)C)CC1. The number of rotatable bonds is 10. The molecule has 0 radical (unpaired) electrons. The van der Waals surface area contributed by atoms with E-state index in [1.165, 1.54) is 0 Å². The third kappa shape index (κ3) is 6.82. The fraction of sp³-hybridized carbons (Fsp3) is 0.600. The Morgan fingerprint density at radius 3 is 2.65 bits per heavy atom. The van der Waals surface area contributed by atoms with Gasteiger partial charge in [-0.3, -0.25) is 9.59 Å². The summed E-state index contributed by atoms with van der Waals surface area (Å²) in [5, 5.41) is 7.15. The van der Waals surface area contributed by atoms with Gasteiger partial charge < -0.3 is 20.4 Å². The van der Waals surface area contributed by atoms with Crippen LogP contribution in [-0.4, -0.2) is 42.1 Å². The van der Waals surface area contributed by atoms with Crippen LogP contribution in [0.4, 0.5) is 0 Å². The molecule has 0 spiro atoms. The molecule has 0 bridgehead atoms. The first-order chi connectivity index (χ1) is 14.9. The third-order valence-corrected chi connectivity index (χ3v) is 6.19. The van der Waals surface area contributed by atoms with Crippen LogP contribution in [0.3, 0.4) is 0 Å². The fourth-order valence-corrected chi connectivity index (χ4v) is 4.27. The number of aromatic nitrogens is 1. The maximum Gasteiger partial charge on any atom is 0.242 e. The molecule has 1 heterocycles. The minimum absolute atomic E-state index is 0.00825. The van der Waals surface area contributed by atoms with Gasteiger partial charge in [-0.1, -0.05) is 25.1 Å². The number of benzene rings is 1. The van der Waals surface area contributed by atoms with Gasteiger partial charge in [0.25, 0.3) is 0 Å². The van der Waals surface area contributed by atoms with E-state index in [0.717, 1.165) is 48.6 Å². The molecule has 2 aromatic rings. The van der Waals surface area contributed by atoms with E-state index >= 15 is 0 Å². The van der Waals surface area contributed by atoms with E-state index < -0.39 is 6.04 Å². The van der Waals surface area contributed by atoms with Crippen molar-refractivity contribution in [1.29, 1.82) is 0 Å². The molecule has 1 saturated carbocycles. The maximum atomic E-state index is 13.0. The summed E-state index contributed by atoms with van der Waals surface area (Å²) >= 11 is 0. The highest BCUT2D eigenvalue weighted by atomic mass is 16.5. The van der Waals surface area contributed by atoms with Crippen LogP contribution in [0, 0.1) is 11.8 Å². The lowest BCUT2D eigenvalue weighted by atomic mass is 9.82. The second-order valence-electron chi connectivity index (χ2n) is 9.15. The van der Waals surface area contributed by atoms with E-state index in [4.69, 9.17) is 4.74 Å². The Kier molecular flexibility index (Phi) is 8.52. The van der Waals surface area contributed by atoms with Crippen LogP contribution in [0.5, 0.6) is 0 Å². The van der Waals surface area contributed by atoms with Gasteiger partial charge in [0.2, 0.25) is 11.8 Å². The van der Waals surface area contributed by atoms with Gasteiger partial charge >= 0.3 is 0 Å². The smallest absolute Gasteiger partial charge is 0.242 e. The fourth-order valence-electron chi connectivity index (χ4n) is 4.27. The van der Waals surface area contributed by atoms with Gasteiger partial charge in [0.1, 0.15) is 6.04 Å². The summed E-state index contributed by atoms with van der Waals surface area (Å²) in [6.45, 7) is 7.38. The molecule has 1 aliphatic rings. The molecule has 0 saturated heterocycles. The number of hydrogen-bond donors (Lipinski definition) is 3. The summed E-state index contributed by atoms with van der Waals surface area (Å²) in [4.78, 5) is 29.2. The van der Waals surface area contributed by atoms with E-state index in [1.54, 1.807) is 0 Å². The Morgan fingerprint density at radius 2 is 1.90 bits per heavy atom. The zero-order valence-corrected chi connectivity index (χ0v) is 19.1. The molecule has 3 N–H and O–H groups in total. The van der Waals surface area contributed by atoms with Crippen LogP contribution >= 0.6 is 0 Å². The molecular weight excluding hydrogens is 390 g/mol. The standard InChI is InChI=1S/C25H37N3O3/c1-17(2)31-14-6-13-26-25(30)23(28-24(29)19-11-9-18(3)10-12-19)15-20-16-27-22-8-5-4-7-21(20)22/h4-5,7-8,16-19,23,27H,6,9-15H2,1-3H3,(H,26,30)(H,28,29). The summed E-state index contributed by atoms with van der Waals surface area (Å²) in [7, 11) is 0. The maximum absolute atomic E-state index is 13.0. The first-order valence-electron chi connectivity index (χ1n) is 11.7. The average molecular weight is 428 g/mol. The zero-order valence-electron chi connectivity index (χ0n) is 19.1. The Hall–Kier alpha value is -2.34. The van der Waals surface area contributed by atoms with Crippen molar-refractivity contribution in [3.05, 3.63) is 36.0 Å². The lowest BCUT2D eigenvalue weighted by Crippen LogP contribution is -2.50. The molecule has 6 heteroatoms. The molecule has 3 rings (SSSR count). The largest absolute Gasteiger partial charge is 0.379 e. The van der Waals surface area contributed by atoms with Crippen LogP contribution in [-0.2, 0) is 20.7 Å². The lowest BCUT2D eigenvalue weighted by molar-refractivity contribution is -0.131. The molecule has 1 unspecified atom stereocenters. The number of aromatic amines is 1. The van der Waals surface area contributed by atoms with Crippen molar-refractivity contribution in [3.8, 4) is 0 Å². The highest BCUT2D eigenvalue weighted by Gasteiger charge is 2.28. The predicted octanol–water partition coefficient (Wildman–Crippen LogP) is 3.95. The third-order valence-electron chi connectivity index (χ3n) is 6.19. The summed E-state index contributed by atoms with van der Waals surface area (Å²) in [6, 6.07) is 7.45. The highest BCUT2D eigenvalue weighted by molar-refractivity contribution is 5.90. The first kappa shape index (κ1) is 23.3. The number of hydrogen-bond acceptors (Lipinski definition) is 3. The molecule has 1 aromatic carbocycles. The number of para-hydroxylation sites is 1. The van der Waals surface area contributed by atoms with Crippen molar-refractivity contribution in [2.45, 2.75) is 71.4 Å². The Labute approximate surface area is 185 Å². The average Bonchev–Trinajstić information content (AvgIpc) is 3.16. The monoisotopic (exact) mass is 427 g/mol. The second kappa shape index (κ2) is 11.3. The van der Waals surface area contributed by atoms with E-state index in [9.17, 15) is 9.59 Å². The van der Waals surface area contributed by atoms with E-state index in [1.807, 2.05) is 44.3 Å². The summed E-state index contributed by atoms with van der Waals surface area (Å²) in [6.07, 6.45) is 7.30. The van der Waals surface area contributed by atoms with E-state index in [-0.39, 0.29) is 23.8 Å². The Morgan fingerprint density at radius 1 is 1.16 bits per heavy atom. The van der Waals surface area contributed by atoms with Crippen LogP contribution in [0.1, 0.15) is 58.4 Å². The number of carbonyl (C=O) groups excluding carboxylic acids is 2. The quantitative estimate of drug-likeness (QED) is 0.502. The van der Waals surface area contributed by atoms with E-state index in [2.05, 4.69) is 22.5 Å². The molecule has 31 heavy (non-hydrogen) atoms. The number of ether oxygens (including phenoxy) is 1. The number of nitrogens with one attached hydrogen (secondary N) is 3. The molecule has 1 atom stereocenters.